The highest BCUT2D eigenvalue weighted by atomic mass is 16.1. The third kappa shape index (κ3) is 3.72. The first-order valence-electron chi connectivity index (χ1n) is 8.14. The number of amides is 1. The first-order chi connectivity index (χ1) is 11.6. The van der Waals surface area contributed by atoms with Gasteiger partial charge in [-0.3, -0.25) is 4.79 Å². The van der Waals surface area contributed by atoms with E-state index in [-0.39, 0.29) is 5.91 Å². The lowest BCUT2D eigenvalue weighted by Gasteiger charge is -2.14. The molecule has 0 bridgehead atoms. The van der Waals surface area contributed by atoms with E-state index < -0.39 is 0 Å². The van der Waals surface area contributed by atoms with Crippen LogP contribution in [0.4, 0.5) is 5.69 Å². The SMILES string of the molecule is Cc1cc(NC(=O)c2ccccc2)cc(C)c1Cc1ccccc1. The highest BCUT2D eigenvalue weighted by Gasteiger charge is 2.09. The van der Waals surface area contributed by atoms with E-state index in [0.717, 1.165) is 12.1 Å². The number of carbonyl (C=O) groups is 1. The maximum absolute atomic E-state index is 12.3. The second-order valence-electron chi connectivity index (χ2n) is 6.07. The minimum Gasteiger partial charge on any atom is -0.322 e. The average molecular weight is 315 g/mol. The zero-order valence-corrected chi connectivity index (χ0v) is 14.0. The van der Waals surface area contributed by atoms with Crippen molar-refractivity contribution >= 4 is 11.6 Å². The fraction of sp³-hybridized carbons (Fsp3) is 0.136. The monoisotopic (exact) mass is 315 g/mol. The predicted octanol–water partition coefficient (Wildman–Crippen LogP) is 5.15. The Labute approximate surface area is 143 Å². The van der Waals surface area contributed by atoms with Crippen LogP contribution in [0.3, 0.4) is 0 Å². The first kappa shape index (κ1) is 16.0. The molecule has 0 spiro atoms. The predicted molar refractivity (Wildman–Crippen MR) is 99.6 cm³/mol. The van der Waals surface area contributed by atoms with Crippen LogP contribution in [-0.2, 0) is 6.42 Å². The summed E-state index contributed by atoms with van der Waals surface area (Å²) in [6, 6.07) is 23.8. The van der Waals surface area contributed by atoms with Gasteiger partial charge < -0.3 is 5.32 Å². The van der Waals surface area contributed by atoms with Crippen LogP contribution < -0.4 is 5.32 Å². The molecular weight excluding hydrogens is 294 g/mol. The number of carbonyl (C=O) groups excluding carboxylic acids is 1. The van der Waals surface area contributed by atoms with Crippen LogP contribution in [0.5, 0.6) is 0 Å². The van der Waals surface area contributed by atoms with Gasteiger partial charge in [0.1, 0.15) is 0 Å². The molecule has 0 saturated carbocycles. The molecule has 24 heavy (non-hydrogen) atoms. The van der Waals surface area contributed by atoms with Gasteiger partial charge in [-0.15, -0.1) is 0 Å². The molecule has 0 aliphatic carbocycles. The number of anilines is 1. The molecule has 3 aromatic carbocycles. The Morgan fingerprint density at radius 2 is 1.38 bits per heavy atom. The van der Waals surface area contributed by atoms with Gasteiger partial charge in [0.15, 0.2) is 0 Å². The fourth-order valence-electron chi connectivity index (χ4n) is 2.94. The van der Waals surface area contributed by atoms with E-state index in [9.17, 15) is 4.79 Å². The second kappa shape index (κ2) is 7.14. The molecule has 120 valence electrons. The van der Waals surface area contributed by atoms with Crippen LogP contribution in [0.25, 0.3) is 0 Å². The number of hydrogen-bond donors (Lipinski definition) is 1. The van der Waals surface area contributed by atoms with Gasteiger partial charge in [-0.05, 0) is 66.8 Å². The summed E-state index contributed by atoms with van der Waals surface area (Å²) in [7, 11) is 0. The molecule has 0 aliphatic heterocycles. The lowest BCUT2D eigenvalue weighted by atomic mass is 9.95. The van der Waals surface area contributed by atoms with Gasteiger partial charge in [0.25, 0.3) is 5.91 Å². The maximum atomic E-state index is 12.3. The number of rotatable bonds is 4. The van der Waals surface area contributed by atoms with Gasteiger partial charge in [-0.1, -0.05) is 48.5 Å². The van der Waals surface area contributed by atoms with Crippen LogP contribution in [0.1, 0.15) is 32.6 Å². The van der Waals surface area contributed by atoms with E-state index in [2.05, 4.69) is 43.4 Å². The third-order valence-electron chi connectivity index (χ3n) is 4.21. The molecule has 2 nitrogen and oxygen atoms in total. The maximum Gasteiger partial charge on any atom is 0.255 e. The van der Waals surface area contributed by atoms with Crippen LogP contribution in [-0.4, -0.2) is 5.91 Å². The minimum absolute atomic E-state index is 0.0785. The Kier molecular flexibility index (Phi) is 4.76. The zero-order chi connectivity index (χ0) is 16.9. The van der Waals surface area contributed by atoms with Crippen molar-refractivity contribution in [2.75, 3.05) is 5.32 Å². The van der Waals surface area contributed by atoms with Gasteiger partial charge in [-0.25, -0.2) is 0 Å². The van der Waals surface area contributed by atoms with Crippen molar-refractivity contribution in [2.24, 2.45) is 0 Å². The van der Waals surface area contributed by atoms with Crippen molar-refractivity contribution in [2.45, 2.75) is 20.3 Å². The number of nitrogens with one attached hydrogen (secondary N) is 1. The second-order valence-corrected chi connectivity index (χ2v) is 6.07. The molecule has 0 fully saturated rings. The molecule has 0 saturated heterocycles. The first-order valence-corrected chi connectivity index (χ1v) is 8.14. The van der Waals surface area contributed by atoms with Crippen molar-refractivity contribution in [3.05, 3.63) is 101 Å². The Balaban J connectivity index is 1.81. The van der Waals surface area contributed by atoms with E-state index in [4.69, 9.17) is 0 Å². The summed E-state index contributed by atoms with van der Waals surface area (Å²) in [5, 5.41) is 2.99. The summed E-state index contributed by atoms with van der Waals surface area (Å²) >= 11 is 0. The van der Waals surface area contributed by atoms with Gasteiger partial charge in [0.2, 0.25) is 0 Å². The Morgan fingerprint density at radius 1 is 0.833 bits per heavy atom. The standard InChI is InChI=1S/C22H21NO/c1-16-13-20(23-22(24)19-11-7-4-8-12-19)14-17(2)21(16)15-18-9-5-3-6-10-18/h3-14H,15H2,1-2H3,(H,23,24). The normalized spacial score (nSPS) is 10.4. The smallest absolute Gasteiger partial charge is 0.255 e. The Hall–Kier alpha value is -2.87. The van der Waals surface area contributed by atoms with Crippen LogP contribution in [0.2, 0.25) is 0 Å². The lowest BCUT2D eigenvalue weighted by Crippen LogP contribution is -2.12. The topological polar surface area (TPSA) is 29.1 Å². The summed E-state index contributed by atoms with van der Waals surface area (Å²) in [4.78, 5) is 12.3. The molecular formula is C22H21NO. The van der Waals surface area contributed by atoms with Crippen molar-refractivity contribution in [3.8, 4) is 0 Å². The van der Waals surface area contributed by atoms with E-state index in [1.165, 1.54) is 22.3 Å². The summed E-state index contributed by atoms with van der Waals surface area (Å²) in [6.45, 7) is 4.20. The summed E-state index contributed by atoms with van der Waals surface area (Å²) < 4.78 is 0. The van der Waals surface area contributed by atoms with E-state index in [1.807, 2.05) is 48.5 Å². The third-order valence-corrected chi connectivity index (χ3v) is 4.21. The Morgan fingerprint density at radius 3 is 1.96 bits per heavy atom. The van der Waals surface area contributed by atoms with Crippen molar-refractivity contribution in [3.63, 3.8) is 0 Å². The van der Waals surface area contributed by atoms with Crippen LogP contribution in [0.15, 0.2) is 72.8 Å². The highest BCUT2D eigenvalue weighted by molar-refractivity contribution is 6.04. The van der Waals surface area contributed by atoms with E-state index in [1.54, 1.807) is 0 Å². The lowest BCUT2D eigenvalue weighted by molar-refractivity contribution is 0.102. The molecule has 0 unspecified atom stereocenters. The summed E-state index contributed by atoms with van der Waals surface area (Å²) in [5.41, 5.74) is 6.52. The molecule has 2 heteroatoms. The summed E-state index contributed by atoms with van der Waals surface area (Å²) in [5.74, 6) is -0.0785. The minimum atomic E-state index is -0.0785. The van der Waals surface area contributed by atoms with Crippen molar-refractivity contribution < 1.29 is 4.79 Å². The molecule has 0 heterocycles. The zero-order valence-electron chi connectivity index (χ0n) is 14.0. The van der Waals surface area contributed by atoms with Gasteiger partial charge >= 0.3 is 0 Å². The number of benzene rings is 3. The Bertz CT molecular complexity index is 815. The van der Waals surface area contributed by atoms with Gasteiger partial charge in [0, 0.05) is 11.3 Å². The van der Waals surface area contributed by atoms with Crippen LogP contribution in [0, 0.1) is 13.8 Å². The van der Waals surface area contributed by atoms with Crippen molar-refractivity contribution in [1.82, 2.24) is 0 Å². The van der Waals surface area contributed by atoms with Gasteiger partial charge in [0.05, 0.1) is 0 Å². The molecule has 0 aromatic heterocycles. The molecule has 1 N–H and O–H groups in total. The average Bonchev–Trinajstić information content (AvgIpc) is 2.60. The molecule has 3 rings (SSSR count). The van der Waals surface area contributed by atoms with E-state index in [0.29, 0.717) is 5.56 Å². The largest absolute Gasteiger partial charge is 0.322 e. The molecule has 3 aromatic rings. The van der Waals surface area contributed by atoms with Gasteiger partial charge in [-0.2, -0.15) is 0 Å². The molecule has 0 radical (unpaired) electrons. The summed E-state index contributed by atoms with van der Waals surface area (Å²) in [6.07, 6.45) is 0.908. The highest BCUT2D eigenvalue weighted by Crippen LogP contribution is 2.23. The molecule has 0 atom stereocenters. The van der Waals surface area contributed by atoms with E-state index >= 15 is 0 Å². The van der Waals surface area contributed by atoms with Crippen molar-refractivity contribution in [1.29, 1.82) is 0 Å². The van der Waals surface area contributed by atoms with Crippen LogP contribution >= 0.6 is 0 Å². The molecule has 0 aliphatic rings. The number of aryl methyl sites for hydroxylation is 2. The number of hydrogen-bond acceptors (Lipinski definition) is 1. The quantitative estimate of drug-likeness (QED) is 0.709. The molecule has 1 amide bonds. The fourth-order valence-corrected chi connectivity index (χ4v) is 2.94.